The van der Waals surface area contributed by atoms with E-state index in [0.29, 0.717) is 0 Å². The number of aromatic nitrogens is 2. The summed E-state index contributed by atoms with van der Waals surface area (Å²) in [6.07, 6.45) is 0. The molecule has 0 saturated heterocycles. The van der Waals surface area contributed by atoms with Gasteiger partial charge < -0.3 is 0 Å². The van der Waals surface area contributed by atoms with Crippen LogP contribution in [0.15, 0.2) is 4.34 Å². The summed E-state index contributed by atoms with van der Waals surface area (Å²) in [5.74, 6) is 0. The van der Waals surface area contributed by atoms with Gasteiger partial charge in [-0.25, -0.2) is 0 Å². The molecule has 1 aromatic heterocycles. The van der Waals surface area contributed by atoms with Crippen LogP contribution in [0.4, 0.5) is 0 Å². The van der Waals surface area contributed by atoms with E-state index >= 15 is 0 Å². The zero-order valence-corrected chi connectivity index (χ0v) is 8.07. The van der Waals surface area contributed by atoms with Crippen LogP contribution >= 0.6 is 35.5 Å². The highest BCUT2D eigenvalue weighted by Gasteiger charge is 1.98. The van der Waals surface area contributed by atoms with Crippen molar-refractivity contribution in [3.05, 3.63) is 3.95 Å². The molecule has 0 atom stereocenters. The molecule has 0 aliphatic carbocycles. The molecule has 0 saturated carbocycles. The lowest BCUT2D eigenvalue weighted by molar-refractivity contribution is 0.700. The number of rotatable bonds is 2. The molecule has 10 heavy (non-hydrogen) atoms. The van der Waals surface area contributed by atoms with Gasteiger partial charge in [-0.15, -0.1) is 0 Å². The van der Waals surface area contributed by atoms with Crippen molar-refractivity contribution in [2.75, 3.05) is 14.1 Å². The molecule has 3 nitrogen and oxygen atoms in total. The third-order valence-electron chi connectivity index (χ3n) is 0.679. The highest BCUT2D eigenvalue weighted by molar-refractivity contribution is 7.98. The Balaban J connectivity index is 2.67. The molecule has 0 aliphatic heterocycles. The van der Waals surface area contributed by atoms with Crippen molar-refractivity contribution in [3.8, 4) is 0 Å². The third-order valence-corrected chi connectivity index (χ3v) is 2.65. The predicted molar refractivity (Wildman–Crippen MR) is 46.8 cm³/mol. The van der Waals surface area contributed by atoms with Gasteiger partial charge in [0, 0.05) is 0 Å². The molecule has 6 heteroatoms. The number of hydrogen-bond acceptors (Lipinski definition) is 5. The quantitative estimate of drug-likeness (QED) is 0.573. The molecule has 56 valence electrons. The van der Waals surface area contributed by atoms with E-state index < -0.39 is 0 Å². The first-order valence-electron chi connectivity index (χ1n) is 2.59. The van der Waals surface area contributed by atoms with Crippen LogP contribution in [0.2, 0.25) is 0 Å². The minimum absolute atomic E-state index is 0.726. The summed E-state index contributed by atoms with van der Waals surface area (Å²) in [6.45, 7) is 0. The first-order valence-corrected chi connectivity index (χ1v) is 4.59. The smallest absolute Gasteiger partial charge is 0.188 e. The van der Waals surface area contributed by atoms with Crippen LogP contribution in [0.5, 0.6) is 0 Å². The first-order chi connectivity index (χ1) is 4.68. The van der Waals surface area contributed by atoms with Crippen LogP contribution in [0.1, 0.15) is 0 Å². The number of nitrogens with one attached hydrogen (secondary N) is 1. The van der Waals surface area contributed by atoms with Crippen molar-refractivity contribution in [2.45, 2.75) is 4.34 Å². The van der Waals surface area contributed by atoms with Crippen LogP contribution < -0.4 is 0 Å². The summed E-state index contributed by atoms with van der Waals surface area (Å²) in [5, 5.41) is 6.68. The Morgan fingerprint density at radius 2 is 2.40 bits per heavy atom. The lowest BCUT2D eigenvalue weighted by Gasteiger charge is -2.02. The van der Waals surface area contributed by atoms with Crippen molar-refractivity contribution < 1.29 is 0 Å². The van der Waals surface area contributed by atoms with Crippen LogP contribution in [0, 0.1) is 3.95 Å². The highest BCUT2D eigenvalue weighted by Crippen LogP contribution is 2.20. The molecule has 0 fully saturated rings. The second kappa shape index (κ2) is 3.47. The second-order valence-corrected chi connectivity index (χ2v) is 5.01. The summed E-state index contributed by atoms with van der Waals surface area (Å²) in [7, 11) is 3.93. The largest absolute Gasteiger partial charge is 0.257 e. The van der Waals surface area contributed by atoms with Crippen LogP contribution in [0.3, 0.4) is 0 Å². The van der Waals surface area contributed by atoms with E-state index in [1.807, 2.05) is 18.4 Å². The van der Waals surface area contributed by atoms with Gasteiger partial charge in [0.25, 0.3) is 0 Å². The fraction of sp³-hybridized carbons (Fsp3) is 0.500. The molecule has 0 aromatic carbocycles. The number of aromatic amines is 1. The Morgan fingerprint density at radius 1 is 1.70 bits per heavy atom. The lowest BCUT2D eigenvalue weighted by Crippen LogP contribution is -1.97. The Bertz CT molecular complexity index is 250. The molecule has 0 bridgehead atoms. The molecule has 0 unspecified atom stereocenters. The summed E-state index contributed by atoms with van der Waals surface area (Å²) in [6, 6.07) is 0. The molecule has 1 heterocycles. The summed E-state index contributed by atoms with van der Waals surface area (Å²) in [4.78, 5) is 0. The molecule has 0 amide bonds. The molecule has 1 rings (SSSR count). The average molecular weight is 193 g/mol. The van der Waals surface area contributed by atoms with E-state index in [2.05, 4.69) is 10.2 Å². The maximum atomic E-state index is 4.85. The van der Waals surface area contributed by atoms with E-state index in [4.69, 9.17) is 12.2 Å². The van der Waals surface area contributed by atoms with Crippen LogP contribution in [0.25, 0.3) is 0 Å². The third kappa shape index (κ3) is 2.37. The molecule has 0 aliphatic rings. The van der Waals surface area contributed by atoms with Gasteiger partial charge in [0.2, 0.25) is 0 Å². The number of H-pyrrole nitrogens is 1. The van der Waals surface area contributed by atoms with Gasteiger partial charge in [0.1, 0.15) is 0 Å². The highest BCUT2D eigenvalue weighted by atomic mass is 32.2. The lowest BCUT2D eigenvalue weighted by atomic mass is 11.3. The van der Waals surface area contributed by atoms with Gasteiger partial charge in [-0.3, -0.25) is 9.40 Å². The molecule has 0 radical (unpaired) electrons. The van der Waals surface area contributed by atoms with Gasteiger partial charge in [-0.05, 0) is 38.3 Å². The van der Waals surface area contributed by atoms with Crippen molar-refractivity contribution in [2.24, 2.45) is 0 Å². The molecular formula is C4H7N3S3. The van der Waals surface area contributed by atoms with Gasteiger partial charge >= 0.3 is 0 Å². The SMILES string of the molecule is CN(C)Sc1n[nH]c(=S)s1. The van der Waals surface area contributed by atoms with Gasteiger partial charge in [-0.1, -0.05) is 11.3 Å². The minimum Gasteiger partial charge on any atom is -0.257 e. The minimum atomic E-state index is 0.726. The normalized spacial score (nSPS) is 10.7. The molecule has 1 N–H and O–H groups in total. The van der Waals surface area contributed by atoms with Gasteiger partial charge in [0.05, 0.1) is 0 Å². The number of hydrogen-bond donors (Lipinski definition) is 1. The van der Waals surface area contributed by atoms with Crippen LogP contribution in [-0.4, -0.2) is 28.6 Å². The standard InChI is InChI=1S/C4H7N3S3/c1-7(2)10-4-6-5-3(8)9-4/h1-2H3,(H,5,8). The fourth-order valence-corrected chi connectivity index (χ4v) is 2.44. The van der Waals surface area contributed by atoms with Gasteiger partial charge in [0.15, 0.2) is 8.29 Å². The van der Waals surface area contributed by atoms with Crippen molar-refractivity contribution >= 4 is 35.5 Å². The monoisotopic (exact) mass is 193 g/mol. The first kappa shape index (κ1) is 8.19. The predicted octanol–water partition coefficient (Wildman–Crippen LogP) is 1.77. The van der Waals surface area contributed by atoms with E-state index in [9.17, 15) is 0 Å². The zero-order valence-electron chi connectivity index (χ0n) is 5.62. The van der Waals surface area contributed by atoms with E-state index in [0.717, 1.165) is 8.29 Å². The van der Waals surface area contributed by atoms with E-state index in [-0.39, 0.29) is 0 Å². The summed E-state index contributed by atoms with van der Waals surface area (Å²) >= 11 is 7.90. The fourth-order valence-electron chi connectivity index (χ4n) is 0.411. The van der Waals surface area contributed by atoms with Crippen molar-refractivity contribution in [3.63, 3.8) is 0 Å². The molecular weight excluding hydrogens is 186 g/mol. The maximum absolute atomic E-state index is 4.85. The maximum Gasteiger partial charge on any atom is 0.188 e. The Labute approximate surface area is 72.6 Å². The van der Waals surface area contributed by atoms with Crippen molar-refractivity contribution in [1.29, 1.82) is 0 Å². The topological polar surface area (TPSA) is 31.9 Å². The summed E-state index contributed by atoms with van der Waals surface area (Å²) < 4.78 is 3.65. The Hall–Kier alpha value is 0.0900. The average Bonchev–Trinajstić information content (AvgIpc) is 2.13. The van der Waals surface area contributed by atoms with Gasteiger partial charge in [-0.2, -0.15) is 5.10 Å². The summed E-state index contributed by atoms with van der Waals surface area (Å²) in [5.41, 5.74) is 0. The van der Waals surface area contributed by atoms with E-state index in [1.54, 1.807) is 11.9 Å². The second-order valence-electron chi connectivity index (χ2n) is 1.78. The molecule has 0 spiro atoms. The number of nitrogens with zero attached hydrogens (tertiary/aromatic N) is 2. The Kier molecular flexibility index (Phi) is 2.84. The zero-order chi connectivity index (χ0) is 7.56. The Morgan fingerprint density at radius 3 is 2.80 bits per heavy atom. The van der Waals surface area contributed by atoms with Crippen molar-refractivity contribution in [1.82, 2.24) is 14.5 Å². The van der Waals surface area contributed by atoms with E-state index in [1.165, 1.54) is 11.3 Å². The van der Waals surface area contributed by atoms with Crippen LogP contribution in [-0.2, 0) is 0 Å². The molecule has 1 aromatic rings.